The molecule has 1 aliphatic carbocycles. The Morgan fingerprint density at radius 1 is 1.11 bits per heavy atom. The fourth-order valence-corrected chi connectivity index (χ4v) is 10.4. The molecule has 1 saturated carbocycles. The van der Waals surface area contributed by atoms with E-state index in [-0.39, 0.29) is 32.5 Å². The van der Waals surface area contributed by atoms with E-state index in [0.717, 1.165) is 24.3 Å². The van der Waals surface area contributed by atoms with Crippen molar-refractivity contribution in [1.82, 2.24) is 4.72 Å². The number of fused-ring (bicyclic) bond motifs is 5. The van der Waals surface area contributed by atoms with E-state index in [4.69, 9.17) is 9.47 Å². The van der Waals surface area contributed by atoms with Crippen LogP contribution in [0.15, 0.2) is 41.3 Å². The largest absolute Gasteiger partial charge is 0.490 e. The molecule has 0 spiro atoms. The van der Waals surface area contributed by atoms with E-state index in [0.29, 0.717) is 12.1 Å². The number of alkyl halides is 3. The van der Waals surface area contributed by atoms with E-state index in [9.17, 15) is 34.4 Å². The zero-order valence-corrected chi connectivity index (χ0v) is 21.6. The van der Waals surface area contributed by atoms with E-state index in [2.05, 4.69) is 4.72 Å². The Balaban J connectivity index is 1.71. The number of nitrogens with one attached hydrogen (secondary N) is 1. The minimum atomic E-state index is -4.71. The summed E-state index contributed by atoms with van der Waals surface area (Å²) in [7, 11) is -7.15. The number of hydrogen-bond acceptors (Lipinski definition) is 6. The number of sulfonamides is 1. The van der Waals surface area contributed by atoms with Crippen molar-refractivity contribution in [2.24, 2.45) is 11.8 Å². The zero-order chi connectivity index (χ0) is 27.7. The predicted molar refractivity (Wildman–Crippen MR) is 124 cm³/mol. The van der Waals surface area contributed by atoms with Gasteiger partial charge in [-0.15, -0.1) is 0 Å². The van der Waals surface area contributed by atoms with Crippen LogP contribution in [-0.4, -0.2) is 48.5 Å². The SMILES string of the molecule is COC[C@@H]1C[C@H]2[C@H](CC[C@@]3(S(=O)(=O)c4ccc(C(F)(F)F)cc4)c4c(F)ccc(F)c4OC[C@@H]23)NS1(=O)=O. The first-order valence-electron chi connectivity index (χ1n) is 11.8. The van der Waals surface area contributed by atoms with Crippen LogP contribution in [0.2, 0.25) is 0 Å². The van der Waals surface area contributed by atoms with Gasteiger partial charge in [0.15, 0.2) is 21.4 Å². The van der Waals surface area contributed by atoms with Gasteiger partial charge in [-0.05, 0) is 61.6 Å². The Labute approximate surface area is 216 Å². The first-order chi connectivity index (χ1) is 17.7. The van der Waals surface area contributed by atoms with Crippen molar-refractivity contribution in [2.45, 2.75) is 46.4 Å². The van der Waals surface area contributed by atoms with Crippen molar-refractivity contribution in [3.05, 3.63) is 59.2 Å². The zero-order valence-electron chi connectivity index (χ0n) is 20.0. The molecule has 2 aromatic carbocycles. The number of halogens is 5. The lowest BCUT2D eigenvalue weighted by molar-refractivity contribution is -0.137. The van der Waals surface area contributed by atoms with Crippen molar-refractivity contribution in [3.63, 3.8) is 0 Å². The molecular formula is C24H24F5NO6S2. The molecule has 5 atom stereocenters. The third kappa shape index (κ3) is 4.02. The van der Waals surface area contributed by atoms with Crippen LogP contribution in [0, 0.1) is 23.5 Å². The molecule has 0 radical (unpaired) electrons. The lowest BCUT2D eigenvalue weighted by atomic mass is 9.64. The maximum atomic E-state index is 15.5. The highest BCUT2D eigenvalue weighted by Gasteiger charge is 2.64. The Morgan fingerprint density at radius 2 is 1.76 bits per heavy atom. The van der Waals surface area contributed by atoms with Gasteiger partial charge in [0, 0.05) is 19.1 Å². The first-order valence-corrected chi connectivity index (χ1v) is 14.8. The second-order valence-corrected chi connectivity index (χ2v) is 14.0. The standard InChI is InChI=1S/C24H24F5NO6S2/c1-35-11-15-10-16-17-12-36-22-19(26)7-6-18(25)21(22)23(17,9-8-20(16)30-38(15,33)34)37(31,32)14-4-2-13(3-5-14)24(27,28)29/h2-7,15-17,20,30H,8-12H2,1H3/t15-,16+,17-,20-,23-/m0/s1. The molecule has 2 aliphatic heterocycles. The third-order valence-corrected chi connectivity index (χ3v) is 12.4. The summed E-state index contributed by atoms with van der Waals surface area (Å²) in [5, 5.41) is -1.03. The molecule has 0 bridgehead atoms. The Kier molecular flexibility index (Phi) is 6.56. The highest BCUT2D eigenvalue weighted by molar-refractivity contribution is 7.92. The average molecular weight is 582 g/mol. The summed E-state index contributed by atoms with van der Waals surface area (Å²) in [6.07, 6.45) is -5.08. The molecule has 0 aromatic heterocycles. The summed E-state index contributed by atoms with van der Waals surface area (Å²) in [6, 6.07) is 3.75. The van der Waals surface area contributed by atoms with Crippen LogP contribution < -0.4 is 9.46 Å². The third-order valence-electron chi connectivity index (χ3n) is 7.96. The van der Waals surface area contributed by atoms with E-state index < -0.39 is 87.3 Å². The molecule has 2 aromatic rings. The number of methoxy groups -OCH3 is 1. The van der Waals surface area contributed by atoms with E-state index in [1.807, 2.05) is 0 Å². The van der Waals surface area contributed by atoms with Crippen molar-refractivity contribution >= 4 is 19.9 Å². The quantitative estimate of drug-likeness (QED) is 0.552. The van der Waals surface area contributed by atoms with Crippen LogP contribution in [-0.2, 0) is 35.5 Å². The molecule has 14 heteroatoms. The molecule has 2 heterocycles. The molecule has 2 fully saturated rings. The van der Waals surface area contributed by atoms with Crippen LogP contribution >= 0.6 is 0 Å². The predicted octanol–water partition coefficient (Wildman–Crippen LogP) is 3.78. The van der Waals surface area contributed by atoms with Gasteiger partial charge in [-0.2, -0.15) is 13.2 Å². The topological polar surface area (TPSA) is 98.8 Å². The minimum absolute atomic E-state index is 0.0293. The smallest absolute Gasteiger partial charge is 0.416 e. The minimum Gasteiger partial charge on any atom is -0.490 e. The van der Waals surface area contributed by atoms with Gasteiger partial charge < -0.3 is 9.47 Å². The molecule has 0 unspecified atom stereocenters. The van der Waals surface area contributed by atoms with Gasteiger partial charge in [0.25, 0.3) is 0 Å². The van der Waals surface area contributed by atoms with Crippen LogP contribution in [0.4, 0.5) is 22.0 Å². The van der Waals surface area contributed by atoms with Crippen LogP contribution in [0.5, 0.6) is 5.75 Å². The molecule has 5 rings (SSSR count). The molecule has 1 saturated heterocycles. The molecule has 7 nitrogen and oxygen atoms in total. The van der Waals surface area contributed by atoms with E-state index >= 15 is 4.39 Å². The van der Waals surface area contributed by atoms with Gasteiger partial charge in [-0.3, -0.25) is 0 Å². The maximum Gasteiger partial charge on any atom is 0.416 e. The summed E-state index contributed by atoms with van der Waals surface area (Å²) >= 11 is 0. The van der Waals surface area contributed by atoms with E-state index in [1.54, 1.807) is 0 Å². The van der Waals surface area contributed by atoms with Gasteiger partial charge in [-0.25, -0.2) is 30.3 Å². The number of rotatable bonds is 4. The van der Waals surface area contributed by atoms with Gasteiger partial charge in [0.2, 0.25) is 10.0 Å². The monoisotopic (exact) mass is 581 g/mol. The van der Waals surface area contributed by atoms with Crippen LogP contribution in [0.1, 0.15) is 30.4 Å². The highest BCUT2D eigenvalue weighted by Crippen LogP contribution is 2.59. The Morgan fingerprint density at radius 3 is 2.39 bits per heavy atom. The summed E-state index contributed by atoms with van der Waals surface area (Å²) < 4.78 is 135. The van der Waals surface area contributed by atoms with E-state index in [1.165, 1.54) is 7.11 Å². The van der Waals surface area contributed by atoms with Crippen LogP contribution in [0.25, 0.3) is 0 Å². The first kappa shape index (κ1) is 27.3. The molecule has 3 aliphatic rings. The lowest BCUT2D eigenvalue weighted by Gasteiger charge is -2.54. The van der Waals surface area contributed by atoms with Crippen molar-refractivity contribution in [2.75, 3.05) is 20.3 Å². The van der Waals surface area contributed by atoms with Gasteiger partial charge in [-0.1, -0.05) is 0 Å². The maximum absolute atomic E-state index is 15.5. The Bertz CT molecular complexity index is 1460. The van der Waals surface area contributed by atoms with Gasteiger partial charge >= 0.3 is 6.18 Å². The van der Waals surface area contributed by atoms with Crippen molar-refractivity contribution in [3.8, 4) is 5.75 Å². The summed E-state index contributed by atoms with van der Waals surface area (Å²) in [5.74, 6) is -4.30. The summed E-state index contributed by atoms with van der Waals surface area (Å²) in [4.78, 5) is -0.490. The average Bonchev–Trinajstić information content (AvgIpc) is 2.85. The molecule has 38 heavy (non-hydrogen) atoms. The van der Waals surface area contributed by atoms with Crippen LogP contribution in [0.3, 0.4) is 0 Å². The second-order valence-electron chi connectivity index (χ2n) is 9.85. The number of ether oxygens (including phenoxy) is 2. The fraction of sp³-hybridized carbons (Fsp3) is 0.500. The van der Waals surface area contributed by atoms with Gasteiger partial charge in [0.1, 0.15) is 10.6 Å². The number of sulfone groups is 1. The fourth-order valence-electron chi connectivity index (χ4n) is 6.26. The summed E-state index contributed by atoms with van der Waals surface area (Å²) in [6.45, 7) is -0.541. The molecule has 208 valence electrons. The lowest BCUT2D eigenvalue weighted by Crippen LogP contribution is -2.64. The van der Waals surface area contributed by atoms with Crippen molar-refractivity contribution in [1.29, 1.82) is 0 Å². The van der Waals surface area contributed by atoms with Crippen molar-refractivity contribution < 1.29 is 48.3 Å². The molecular weight excluding hydrogens is 557 g/mol. The summed E-state index contributed by atoms with van der Waals surface area (Å²) in [5.41, 5.74) is -1.59. The van der Waals surface area contributed by atoms with Gasteiger partial charge in [0.05, 0.1) is 34.5 Å². The number of hydrogen-bond donors (Lipinski definition) is 1. The molecule has 0 amide bonds. The highest BCUT2D eigenvalue weighted by atomic mass is 32.2. The number of benzene rings is 2. The Hall–Kier alpha value is -2.29. The molecule has 1 N–H and O–H groups in total. The normalized spacial score (nSPS) is 30.5. The second kappa shape index (κ2) is 9.14.